The van der Waals surface area contributed by atoms with E-state index in [4.69, 9.17) is 11.6 Å². The number of carboxylic acids is 1. The van der Waals surface area contributed by atoms with E-state index < -0.39 is 5.97 Å². The van der Waals surface area contributed by atoms with Crippen molar-refractivity contribution in [1.29, 1.82) is 0 Å². The highest BCUT2D eigenvalue weighted by Gasteiger charge is 2.27. The van der Waals surface area contributed by atoms with Crippen LogP contribution >= 0.6 is 23.4 Å². The smallest absolute Gasteiger partial charge is 0.334 e. The highest BCUT2D eigenvalue weighted by Crippen LogP contribution is 2.39. The average molecular weight is 312 g/mol. The number of aliphatic carboxylic acids is 1. The molecule has 0 unspecified atom stereocenters. The molecule has 5 heteroatoms. The van der Waals surface area contributed by atoms with Crippen molar-refractivity contribution in [2.24, 2.45) is 0 Å². The first-order chi connectivity index (χ1) is 9.45. The van der Waals surface area contributed by atoms with Crippen LogP contribution in [0.4, 0.5) is 5.69 Å². The zero-order valence-corrected chi connectivity index (χ0v) is 13.4. The Labute approximate surface area is 128 Å². The molecule has 3 nitrogen and oxygen atoms in total. The lowest BCUT2D eigenvalue weighted by molar-refractivity contribution is -0.132. The molecule has 0 fully saturated rings. The summed E-state index contributed by atoms with van der Waals surface area (Å²) < 4.78 is 0. The fraction of sp³-hybridized carbons (Fsp3) is 0.400. The third-order valence-corrected chi connectivity index (χ3v) is 4.57. The number of hydrogen-bond acceptors (Lipinski definition) is 3. The van der Waals surface area contributed by atoms with Crippen LogP contribution in [0.2, 0.25) is 5.02 Å². The first kappa shape index (κ1) is 15.3. The van der Waals surface area contributed by atoms with Gasteiger partial charge >= 0.3 is 5.97 Å². The molecule has 108 valence electrons. The zero-order valence-electron chi connectivity index (χ0n) is 11.9. The van der Waals surface area contributed by atoms with Gasteiger partial charge in [0.15, 0.2) is 0 Å². The van der Waals surface area contributed by atoms with E-state index >= 15 is 0 Å². The van der Waals surface area contributed by atoms with Gasteiger partial charge < -0.3 is 10.0 Å². The molecule has 0 radical (unpaired) electrons. The van der Waals surface area contributed by atoms with Crippen LogP contribution in [0.15, 0.2) is 22.7 Å². The number of carboxylic acid groups (broad SMARTS) is 1. The van der Waals surface area contributed by atoms with Crippen LogP contribution in [0.5, 0.6) is 0 Å². The Morgan fingerprint density at radius 3 is 2.65 bits per heavy atom. The van der Waals surface area contributed by atoms with E-state index in [-0.39, 0.29) is 0 Å². The summed E-state index contributed by atoms with van der Waals surface area (Å²) in [6.45, 7) is 4.82. The maximum atomic E-state index is 11.4. The molecule has 0 saturated carbocycles. The molecule has 0 aliphatic carbocycles. The summed E-state index contributed by atoms with van der Waals surface area (Å²) in [5.41, 5.74) is 3.61. The van der Waals surface area contributed by atoms with Crippen LogP contribution in [0.25, 0.3) is 0 Å². The van der Waals surface area contributed by atoms with E-state index in [0.29, 0.717) is 17.0 Å². The third kappa shape index (κ3) is 2.81. The number of halogens is 1. The molecule has 0 spiro atoms. The minimum Gasteiger partial charge on any atom is -0.478 e. The van der Waals surface area contributed by atoms with Crippen LogP contribution in [0.3, 0.4) is 0 Å². The van der Waals surface area contributed by atoms with E-state index in [1.54, 1.807) is 0 Å². The summed E-state index contributed by atoms with van der Waals surface area (Å²) in [6, 6.07) is 4.01. The standard InChI is InChI=1S/C15H18ClNO2S/c1-9-7-10(2)13(12(16)8-9)17-6-4-5-11(15(18)19)14(17)20-3/h7-8H,4-6H2,1-3H3,(H,18,19). The molecule has 0 saturated heterocycles. The molecular formula is C15H18ClNO2S. The van der Waals surface area contributed by atoms with Gasteiger partial charge in [-0.25, -0.2) is 4.79 Å². The molecule has 1 aromatic rings. The van der Waals surface area contributed by atoms with Crippen LogP contribution < -0.4 is 4.90 Å². The average Bonchev–Trinajstić information content (AvgIpc) is 2.37. The quantitative estimate of drug-likeness (QED) is 0.907. The zero-order chi connectivity index (χ0) is 14.9. The van der Waals surface area contributed by atoms with Crippen molar-refractivity contribution in [3.63, 3.8) is 0 Å². The number of thioether (sulfide) groups is 1. The van der Waals surface area contributed by atoms with Crippen molar-refractivity contribution < 1.29 is 9.90 Å². The lowest BCUT2D eigenvalue weighted by Gasteiger charge is -2.33. The van der Waals surface area contributed by atoms with Crippen molar-refractivity contribution in [3.8, 4) is 0 Å². The Morgan fingerprint density at radius 1 is 1.40 bits per heavy atom. The number of anilines is 1. The number of rotatable bonds is 3. The first-order valence-electron chi connectivity index (χ1n) is 6.50. The van der Waals surface area contributed by atoms with E-state index in [9.17, 15) is 9.90 Å². The maximum Gasteiger partial charge on any atom is 0.334 e. The summed E-state index contributed by atoms with van der Waals surface area (Å²) >= 11 is 7.87. The molecule has 1 heterocycles. The van der Waals surface area contributed by atoms with Crippen molar-refractivity contribution in [3.05, 3.63) is 38.9 Å². The van der Waals surface area contributed by atoms with E-state index in [2.05, 4.69) is 11.0 Å². The van der Waals surface area contributed by atoms with Gasteiger partial charge in [-0.05, 0) is 50.1 Å². The summed E-state index contributed by atoms with van der Waals surface area (Å²) in [4.78, 5) is 13.4. The summed E-state index contributed by atoms with van der Waals surface area (Å²) in [5, 5.41) is 10.8. The Hall–Kier alpha value is -1.13. The molecule has 1 aliphatic heterocycles. The molecule has 1 aromatic carbocycles. The van der Waals surface area contributed by atoms with Gasteiger partial charge in [0.1, 0.15) is 0 Å². The van der Waals surface area contributed by atoms with Crippen LogP contribution in [0.1, 0.15) is 24.0 Å². The first-order valence-corrected chi connectivity index (χ1v) is 8.10. The Kier molecular flexibility index (Phi) is 4.66. The van der Waals surface area contributed by atoms with Crippen LogP contribution in [-0.4, -0.2) is 23.9 Å². The summed E-state index contributed by atoms with van der Waals surface area (Å²) in [6.07, 6.45) is 3.36. The van der Waals surface area contributed by atoms with Crippen LogP contribution in [0, 0.1) is 13.8 Å². The van der Waals surface area contributed by atoms with Crippen molar-refractivity contribution in [2.75, 3.05) is 17.7 Å². The monoisotopic (exact) mass is 311 g/mol. The lowest BCUT2D eigenvalue weighted by Crippen LogP contribution is -2.30. The molecule has 0 amide bonds. The van der Waals surface area contributed by atoms with E-state index in [0.717, 1.165) is 34.8 Å². The number of aryl methyl sites for hydroxylation is 2. The van der Waals surface area contributed by atoms with Crippen molar-refractivity contribution >= 4 is 35.0 Å². The second kappa shape index (κ2) is 6.10. The Balaban J connectivity index is 2.57. The van der Waals surface area contributed by atoms with Crippen molar-refractivity contribution in [2.45, 2.75) is 26.7 Å². The van der Waals surface area contributed by atoms with Gasteiger partial charge in [-0.3, -0.25) is 0 Å². The molecule has 1 aliphatic rings. The highest BCUT2D eigenvalue weighted by molar-refractivity contribution is 8.02. The predicted octanol–water partition coefficient (Wildman–Crippen LogP) is 4.22. The minimum absolute atomic E-state index is 0.486. The second-order valence-corrected chi connectivity index (χ2v) is 6.16. The van der Waals surface area contributed by atoms with Gasteiger partial charge in [0, 0.05) is 6.54 Å². The molecule has 2 rings (SSSR count). The maximum absolute atomic E-state index is 11.4. The second-order valence-electron chi connectivity index (χ2n) is 4.96. The number of nitrogens with zero attached hydrogens (tertiary/aromatic N) is 1. The fourth-order valence-electron chi connectivity index (χ4n) is 2.68. The number of carbonyl (C=O) groups is 1. The molecular weight excluding hydrogens is 294 g/mol. The van der Waals surface area contributed by atoms with Gasteiger partial charge in [-0.1, -0.05) is 17.7 Å². The van der Waals surface area contributed by atoms with Crippen molar-refractivity contribution in [1.82, 2.24) is 0 Å². The van der Waals surface area contributed by atoms with Gasteiger partial charge in [0.2, 0.25) is 0 Å². The SMILES string of the molecule is CSC1=C(C(=O)O)CCCN1c1c(C)cc(C)cc1Cl. The van der Waals surface area contributed by atoms with E-state index in [1.165, 1.54) is 11.8 Å². The van der Waals surface area contributed by atoms with Crippen LogP contribution in [-0.2, 0) is 4.79 Å². The lowest BCUT2D eigenvalue weighted by atomic mass is 10.0. The molecule has 0 atom stereocenters. The normalized spacial score (nSPS) is 15.7. The number of hydrogen-bond donors (Lipinski definition) is 1. The van der Waals surface area contributed by atoms with Gasteiger partial charge in [0.05, 0.1) is 21.3 Å². The summed E-state index contributed by atoms with van der Waals surface area (Å²) in [5.74, 6) is -0.833. The van der Waals surface area contributed by atoms with Gasteiger partial charge in [-0.15, -0.1) is 11.8 Å². The largest absolute Gasteiger partial charge is 0.478 e. The van der Waals surface area contributed by atoms with Gasteiger partial charge in [0.25, 0.3) is 0 Å². The fourth-order valence-corrected chi connectivity index (χ4v) is 3.94. The Morgan fingerprint density at radius 2 is 2.10 bits per heavy atom. The molecule has 0 aromatic heterocycles. The van der Waals surface area contributed by atoms with Gasteiger partial charge in [-0.2, -0.15) is 0 Å². The number of benzene rings is 1. The topological polar surface area (TPSA) is 40.5 Å². The Bertz CT molecular complexity index is 560. The summed E-state index contributed by atoms with van der Waals surface area (Å²) in [7, 11) is 0. The predicted molar refractivity (Wildman–Crippen MR) is 85.7 cm³/mol. The minimum atomic E-state index is -0.833. The molecule has 20 heavy (non-hydrogen) atoms. The van der Waals surface area contributed by atoms with E-state index in [1.807, 2.05) is 26.2 Å². The highest BCUT2D eigenvalue weighted by atomic mass is 35.5. The third-order valence-electron chi connectivity index (χ3n) is 3.43. The molecule has 0 bridgehead atoms. The molecule has 1 N–H and O–H groups in total.